The van der Waals surface area contributed by atoms with E-state index in [0.29, 0.717) is 0 Å². The molecule has 120 valence electrons. The van der Waals surface area contributed by atoms with E-state index in [1.54, 1.807) is 6.33 Å². The van der Waals surface area contributed by atoms with Gasteiger partial charge in [-0.15, -0.1) is 0 Å². The molecule has 0 aliphatic heterocycles. The highest BCUT2D eigenvalue weighted by molar-refractivity contribution is 5.04. The van der Waals surface area contributed by atoms with Gasteiger partial charge >= 0.3 is 0 Å². The smallest absolute Gasteiger partial charge is 0.138 e. The summed E-state index contributed by atoms with van der Waals surface area (Å²) in [5.74, 6) is 6.97. The first-order chi connectivity index (χ1) is 10.1. The number of hydrogen-bond donors (Lipinski definition) is 2. The SMILES string of the molecule is CCCn1ncnc1CC(NN)C1(N(C)C)CCCCC1. The summed E-state index contributed by atoms with van der Waals surface area (Å²) in [6, 6.07) is 0.201. The van der Waals surface area contributed by atoms with E-state index in [0.717, 1.165) is 25.2 Å². The standard InChI is InChI=1S/C15H30N6/c1-4-10-21-14(17-12-18-21)11-13(19-16)15(20(2)3)8-6-5-7-9-15/h12-13,19H,4-11,16H2,1-3H3. The van der Waals surface area contributed by atoms with Crippen molar-refractivity contribution in [1.29, 1.82) is 0 Å². The van der Waals surface area contributed by atoms with E-state index in [4.69, 9.17) is 5.84 Å². The number of nitrogens with two attached hydrogens (primary N) is 1. The first-order valence-corrected chi connectivity index (χ1v) is 8.14. The summed E-state index contributed by atoms with van der Waals surface area (Å²) in [4.78, 5) is 6.80. The van der Waals surface area contributed by atoms with Crippen LogP contribution in [0.25, 0.3) is 0 Å². The third kappa shape index (κ3) is 3.44. The highest BCUT2D eigenvalue weighted by atomic mass is 15.3. The zero-order valence-electron chi connectivity index (χ0n) is 13.7. The molecular weight excluding hydrogens is 264 g/mol. The first kappa shape index (κ1) is 16.4. The summed E-state index contributed by atoms with van der Waals surface area (Å²) in [7, 11) is 4.35. The molecule has 1 aromatic heterocycles. The molecule has 0 aromatic carbocycles. The molecule has 21 heavy (non-hydrogen) atoms. The molecule has 0 saturated heterocycles. The third-order valence-corrected chi connectivity index (χ3v) is 4.98. The molecule has 1 fully saturated rings. The Labute approximate surface area is 128 Å². The quantitative estimate of drug-likeness (QED) is 0.586. The topological polar surface area (TPSA) is 72.0 Å². The Bertz CT molecular complexity index is 422. The van der Waals surface area contributed by atoms with Gasteiger partial charge in [0.15, 0.2) is 0 Å². The van der Waals surface area contributed by atoms with Crippen LogP contribution in [0.5, 0.6) is 0 Å². The highest BCUT2D eigenvalue weighted by Gasteiger charge is 2.41. The minimum absolute atomic E-state index is 0.121. The van der Waals surface area contributed by atoms with E-state index in [1.165, 1.54) is 32.1 Å². The molecule has 0 bridgehead atoms. The average Bonchev–Trinajstić information content (AvgIpc) is 2.93. The number of rotatable bonds is 7. The summed E-state index contributed by atoms with van der Waals surface area (Å²) in [5.41, 5.74) is 3.20. The minimum Gasteiger partial charge on any atom is -0.302 e. The maximum atomic E-state index is 5.93. The molecule has 1 aliphatic carbocycles. The van der Waals surface area contributed by atoms with E-state index in [1.807, 2.05) is 4.68 Å². The van der Waals surface area contributed by atoms with Gasteiger partial charge in [-0.05, 0) is 33.4 Å². The Morgan fingerprint density at radius 2 is 2.10 bits per heavy atom. The second-order valence-electron chi connectivity index (χ2n) is 6.38. The van der Waals surface area contributed by atoms with E-state index < -0.39 is 0 Å². The van der Waals surface area contributed by atoms with Crippen LogP contribution in [0.4, 0.5) is 0 Å². The molecular formula is C15H30N6. The fraction of sp³-hybridized carbons (Fsp3) is 0.867. The van der Waals surface area contributed by atoms with Crippen LogP contribution >= 0.6 is 0 Å². The van der Waals surface area contributed by atoms with Gasteiger partial charge in [0, 0.05) is 24.5 Å². The summed E-state index contributed by atoms with van der Waals surface area (Å²) >= 11 is 0. The summed E-state index contributed by atoms with van der Waals surface area (Å²) in [6.07, 6.45) is 9.81. The van der Waals surface area contributed by atoms with Crippen LogP contribution in [0, 0.1) is 0 Å². The predicted molar refractivity (Wildman–Crippen MR) is 84.6 cm³/mol. The van der Waals surface area contributed by atoms with Crippen molar-refractivity contribution in [3.63, 3.8) is 0 Å². The lowest BCUT2D eigenvalue weighted by Gasteiger charge is -2.48. The molecule has 1 aliphatic rings. The average molecular weight is 294 g/mol. The third-order valence-electron chi connectivity index (χ3n) is 4.98. The lowest BCUT2D eigenvalue weighted by atomic mass is 9.74. The Kier molecular flexibility index (Phi) is 5.72. The molecule has 1 heterocycles. The van der Waals surface area contributed by atoms with Crippen molar-refractivity contribution in [1.82, 2.24) is 25.1 Å². The number of nitrogens with zero attached hydrogens (tertiary/aromatic N) is 4. The van der Waals surface area contributed by atoms with Crippen molar-refractivity contribution in [2.24, 2.45) is 5.84 Å². The molecule has 0 radical (unpaired) electrons. The van der Waals surface area contributed by atoms with Crippen LogP contribution < -0.4 is 11.3 Å². The van der Waals surface area contributed by atoms with E-state index in [-0.39, 0.29) is 11.6 Å². The Balaban J connectivity index is 2.18. The molecule has 0 spiro atoms. The van der Waals surface area contributed by atoms with Crippen molar-refractivity contribution in [2.45, 2.75) is 70.0 Å². The van der Waals surface area contributed by atoms with Gasteiger partial charge in [0.1, 0.15) is 12.2 Å². The molecule has 1 saturated carbocycles. The second kappa shape index (κ2) is 7.33. The van der Waals surface area contributed by atoms with Gasteiger partial charge in [0.2, 0.25) is 0 Å². The number of hydrazine groups is 1. The van der Waals surface area contributed by atoms with E-state index in [2.05, 4.69) is 41.4 Å². The van der Waals surface area contributed by atoms with E-state index in [9.17, 15) is 0 Å². The van der Waals surface area contributed by atoms with Gasteiger partial charge in [-0.2, -0.15) is 5.10 Å². The van der Waals surface area contributed by atoms with E-state index >= 15 is 0 Å². The van der Waals surface area contributed by atoms with Crippen molar-refractivity contribution in [3.05, 3.63) is 12.2 Å². The van der Waals surface area contributed by atoms with Crippen molar-refractivity contribution >= 4 is 0 Å². The van der Waals surface area contributed by atoms with Crippen LogP contribution in [-0.4, -0.2) is 45.3 Å². The molecule has 2 rings (SSSR count). The maximum absolute atomic E-state index is 5.93. The summed E-state index contributed by atoms with van der Waals surface area (Å²) < 4.78 is 2.01. The summed E-state index contributed by atoms with van der Waals surface area (Å²) in [5, 5.41) is 4.33. The zero-order chi connectivity index (χ0) is 15.3. The van der Waals surface area contributed by atoms with Crippen LogP contribution in [0.3, 0.4) is 0 Å². The number of likely N-dealkylation sites (N-methyl/N-ethyl adjacent to an activating group) is 1. The predicted octanol–water partition coefficient (Wildman–Crippen LogP) is 1.33. The molecule has 1 aromatic rings. The van der Waals surface area contributed by atoms with Crippen molar-refractivity contribution < 1.29 is 0 Å². The monoisotopic (exact) mass is 294 g/mol. The van der Waals surface area contributed by atoms with Crippen LogP contribution in [0.15, 0.2) is 6.33 Å². The van der Waals surface area contributed by atoms with Gasteiger partial charge in [-0.1, -0.05) is 26.2 Å². The normalized spacial score (nSPS) is 19.9. The van der Waals surface area contributed by atoms with Crippen LogP contribution in [0.2, 0.25) is 0 Å². The number of aromatic nitrogens is 3. The molecule has 0 amide bonds. The highest BCUT2D eigenvalue weighted by Crippen LogP contribution is 2.35. The minimum atomic E-state index is 0.121. The van der Waals surface area contributed by atoms with Gasteiger partial charge < -0.3 is 4.90 Å². The first-order valence-electron chi connectivity index (χ1n) is 8.14. The molecule has 1 unspecified atom stereocenters. The zero-order valence-corrected chi connectivity index (χ0v) is 13.7. The largest absolute Gasteiger partial charge is 0.302 e. The maximum Gasteiger partial charge on any atom is 0.138 e. The van der Waals surface area contributed by atoms with Gasteiger partial charge in [0.05, 0.1) is 0 Å². The fourth-order valence-electron chi connectivity index (χ4n) is 3.70. The van der Waals surface area contributed by atoms with Crippen molar-refractivity contribution in [2.75, 3.05) is 14.1 Å². The molecule has 1 atom stereocenters. The number of hydrogen-bond acceptors (Lipinski definition) is 5. The summed E-state index contributed by atoms with van der Waals surface area (Å²) in [6.45, 7) is 3.08. The lowest BCUT2D eigenvalue weighted by molar-refractivity contribution is 0.0557. The van der Waals surface area contributed by atoms with Gasteiger partial charge in [-0.3, -0.25) is 16.0 Å². The number of aryl methyl sites for hydroxylation is 1. The fourth-order valence-corrected chi connectivity index (χ4v) is 3.70. The van der Waals surface area contributed by atoms with Gasteiger partial charge in [-0.25, -0.2) is 4.98 Å². The van der Waals surface area contributed by atoms with Crippen LogP contribution in [-0.2, 0) is 13.0 Å². The van der Waals surface area contributed by atoms with Gasteiger partial charge in [0.25, 0.3) is 0 Å². The molecule has 3 N–H and O–H groups in total. The Hall–Kier alpha value is -0.980. The number of nitrogens with one attached hydrogen (secondary N) is 1. The Morgan fingerprint density at radius 3 is 2.67 bits per heavy atom. The lowest BCUT2D eigenvalue weighted by Crippen LogP contribution is -2.62. The van der Waals surface area contributed by atoms with Crippen molar-refractivity contribution in [3.8, 4) is 0 Å². The molecule has 6 heteroatoms. The Morgan fingerprint density at radius 1 is 1.38 bits per heavy atom. The second-order valence-corrected chi connectivity index (χ2v) is 6.38. The molecule has 6 nitrogen and oxygen atoms in total. The van der Waals surface area contributed by atoms with Crippen LogP contribution in [0.1, 0.15) is 51.3 Å².